The van der Waals surface area contributed by atoms with E-state index in [1.807, 2.05) is 6.92 Å². The highest BCUT2D eigenvalue weighted by Gasteiger charge is 2.02. The Bertz CT molecular complexity index is 209. The van der Waals surface area contributed by atoms with Gasteiger partial charge < -0.3 is 5.73 Å². The number of hydrogen-bond acceptors (Lipinski definition) is 1. The van der Waals surface area contributed by atoms with Crippen LogP contribution in [0.4, 0.5) is 0 Å². The normalized spacial score (nSPS) is 16.9. The molecule has 0 heterocycles. The van der Waals surface area contributed by atoms with Crippen molar-refractivity contribution in [2.75, 3.05) is 0 Å². The van der Waals surface area contributed by atoms with Gasteiger partial charge in [-0.25, -0.2) is 0 Å². The van der Waals surface area contributed by atoms with Gasteiger partial charge in [-0.05, 0) is 39.2 Å². The van der Waals surface area contributed by atoms with E-state index in [9.17, 15) is 0 Å². The van der Waals surface area contributed by atoms with E-state index < -0.39 is 0 Å². The van der Waals surface area contributed by atoms with E-state index in [1.54, 1.807) is 0 Å². The van der Waals surface area contributed by atoms with Crippen molar-refractivity contribution in [1.29, 1.82) is 0 Å². The first-order valence-electron chi connectivity index (χ1n) is 5.15. The second-order valence-electron chi connectivity index (χ2n) is 3.69. The van der Waals surface area contributed by atoms with Gasteiger partial charge in [-0.1, -0.05) is 31.1 Å². The molecule has 0 fully saturated rings. The monoisotopic (exact) mass is 181 g/mol. The first-order chi connectivity index (χ1) is 6.02. The van der Waals surface area contributed by atoms with Gasteiger partial charge in [0.25, 0.3) is 0 Å². The summed E-state index contributed by atoms with van der Waals surface area (Å²) in [4.78, 5) is 0. The Hall–Kier alpha value is -0.560. The Labute approximate surface area is 82.7 Å². The van der Waals surface area contributed by atoms with Crippen LogP contribution < -0.4 is 5.73 Å². The minimum Gasteiger partial charge on any atom is -0.324 e. The zero-order chi connectivity index (χ0) is 10.4. The van der Waals surface area contributed by atoms with E-state index in [4.69, 9.17) is 5.73 Å². The summed E-state index contributed by atoms with van der Waals surface area (Å²) in [6.45, 7) is 10.7. The zero-order valence-corrected chi connectivity index (χ0v) is 9.65. The van der Waals surface area contributed by atoms with Crippen LogP contribution >= 0.6 is 0 Å². The van der Waals surface area contributed by atoms with Gasteiger partial charge in [0.15, 0.2) is 0 Å². The molecule has 0 spiro atoms. The second-order valence-corrected chi connectivity index (χ2v) is 3.69. The lowest BCUT2D eigenvalue weighted by atomic mass is 9.99. The third-order valence-electron chi connectivity index (χ3n) is 2.55. The summed E-state index contributed by atoms with van der Waals surface area (Å²) in [6.07, 6.45) is 4.47. The number of allylic oxidation sites excluding steroid dienone is 3. The molecule has 0 saturated carbocycles. The Balaban J connectivity index is 4.78. The van der Waals surface area contributed by atoms with Crippen LogP contribution in [0.5, 0.6) is 0 Å². The third-order valence-corrected chi connectivity index (χ3v) is 2.55. The van der Waals surface area contributed by atoms with Gasteiger partial charge in [-0.2, -0.15) is 0 Å². The van der Waals surface area contributed by atoms with Crippen molar-refractivity contribution < 1.29 is 0 Å². The third kappa shape index (κ3) is 4.28. The summed E-state index contributed by atoms with van der Waals surface area (Å²) in [5.74, 6) is 0. The highest BCUT2D eigenvalue weighted by atomic mass is 14.6. The molecule has 0 aliphatic rings. The minimum atomic E-state index is 0.177. The average Bonchev–Trinajstić information content (AvgIpc) is 2.12. The van der Waals surface area contributed by atoms with Gasteiger partial charge >= 0.3 is 0 Å². The van der Waals surface area contributed by atoms with E-state index in [-0.39, 0.29) is 6.04 Å². The van der Waals surface area contributed by atoms with Crippen molar-refractivity contribution in [3.8, 4) is 0 Å². The predicted octanol–water partition coefficient (Wildman–Crippen LogP) is 3.42. The van der Waals surface area contributed by atoms with Gasteiger partial charge in [0, 0.05) is 6.04 Å². The van der Waals surface area contributed by atoms with Crippen molar-refractivity contribution >= 4 is 0 Å². The van der Waals surface area contributed by atoms with Crippen LogP contribution in [-0.2, 0) is 0 Å². The number of hydrogen-bond donors (Lipinski definition) is 1. The second kappa shape index (κ2) is 5.98. The quantitative estimate of drug-likeness (QED) is 0.661. The molecule has 13 heavy (non-hydrogen) atoms. The summed E-state index contributed by atoms with van der Waals surface area (Å²) >= 11 is 0. The van der Waals surface area contributed by atoms with Crippen molar-refractivity contribution in [2.45, 2.75) is 53.5 Å². The maximum absolute atomic E-state index is 5.84. The first kappa shape index (κ1) is 12.4. The topological polar surface area (TPSA) is 26.0 Å². The van der Waals surface area contributed by atoms with Crippen LogP contribution in [0.1, 0.15) is 47.5 Å². The summed E-state index contributed by atoms with van der Waals surface area (Å²) in [5, 5.41) is 0. The van der Waals surface area contributed by atoms with Crippen LogP contribution in [0.2, 0.25) is 0 Å². The first-order valence-corrected chi connectivity index (χ1v) is 5.15. The molecule has 1 atom stereocenters. The lowest BCUT2D eigenvalue weighted by Crippen LogP contribution is -2.17. The Morgan fingerprint density at radius 2 is 1.77 bits per heavy atom. The molecular weight excluding hydrogens is 158 g/mol. The van der Waals surface area contributed by atoms with Crippen molar-refractivity contribution in [3.63, 3.8) is 0 Å². The van der Waals surface area contributed by atoms with E-state index in [2.05, 4.69) is 33.8 Å². The van der Waals surface area contributed by atoms with Gasteiger partial charge in [0.1, 0.15) is 0 Å². The number of rotatable bonds is 4. The molecule has 0 unspecified atom stereocenters. The maximum Gasteiger partial charge on any atom is 0.0227 e. The SMILES string of the molecule is CCC(/C=C(\C)CC)=C(\C)[C@H](C)N. The molecule has 0 rings (SSSR count). The standard InChI is InChI=1S/C12H23N/c1-6-9(3)8-12(7-2)10(4)11(5)13/h8,11H,6-7,13H2,1-5H3/b9-8+,12-10-/t11-/m0/s1. The summed E-state index contributed by atoms with van der Waals surface area (Å²) in [7, 11) is 0. The molecule has 2 N–H and O–H groups in total. The van der Waals surface area contributed by atoms with Crippen LogP contribution in [-0.4, -0.2) is 6.04 Å². The fourth-order valence-electron chi connectivity index (χ4n) is 1.19. The van der Waals surface area contributed by atoms with Crippen LogP contribution in [0.3, 0.4) is 0 Å². The molecule has 76 valence electrons. The smallest absolute Gasteiger partial charge is 0.0227 e. The molecule has 1 nitrogen and oxygen atoms in total. The molecule has 0 radical (unpaired) electrons. The maximum atomic E-state index is 5.84. The molecule has 0 bridgehead atoms. The number of nitrogens with two attached hydrogens (primary N) is 1. The van der Waals surface area contributed by atoms with E-state index in [0.29, 0.717) is 0 Å². The molecule has 0 aliphatic carbocycles. The molecule has 0 aliphatic heterocycles. The molecule has 0 aromatic carbocycles. The van der Waals surface area contributed by atoms with Gasteiger partial charge in [-0.3, -0.25) is 0 Å². The molecule has 0 saturated heterocycles. The fraction of sp³-hybridized carbons (Fsp3) is 0.667. The summed E-state index contributed by atoms with van der Waals surface area (Å²) in [6, 6.07) is 0.177. The van der Waals surface area contributed by atoms with Crippen LogP contribution in [0.15, 0.2) is 22.8 Å². The van der Waals surface area contributed by atoms with E-state index in [1.165, 1.54) is 16.7 Å². The molecular formula is C12H23N. The lowest BCUT2D eigenvalue weighted by Gasteiger charge is -2.11. The summed E-state index contributed by atoms with van der Waals surface area (Å²) in [5.41, 5.74) is 9.98. The Morgan fingerprint density at radius 1 is 1.23 bits per heavy atom. The summed E-state index contributed by atoms with van der Waals surface area (Å²) < 4.78 is 0. The van der Waals surface area contributed by atoms with Crippen molar-refractivity contribution in [2.24, 2.45) is 5.73 Å². The van der Waals surface area contributed by atoms with E-state index in [0.717, 1.165) is 12.8 Å². The van der Waals surface area contributed by atoms with Gasteiger partial charge in [0.05, 0.1) is 0 Å². The fourth-order valence-corrected chi connectivity index (χ4v) is 1.19. The predicted molar refractivity (Wildman–Crippen MR) is 60.7 cm³/mol. The minimum absolute atomic E-state index is 0.177. The Kier molecular flexibility index (Phi) is 5.72. The van der Waals surface area contributed by atoms with Gasteiger partial charge in [-0.15, -0.1) is 0 Å². The molecule has 1 heteroatoms. The van der Waals surface area contributed by atoms with Crippen molar-refractivity contribution in [1.82, 2.24) is 0 Å². The highest BCUT2D eigenvalue weighted by Crippen LogP contribution is 2.15. The molecule has 0 amide bonds. The largest absolute Gasteiger partial charge is 0.324 e. The van der Waals surface area contributed by atoms with Crippen LogP contribution in [0.25, 0.3) is 0 Å². The Morgan fingerprint density at radius 3 is 2.08 bits per heavy atom. The molecule has 0 aromatic heterocycles. The van der Waals surface area contributed by atoms with Gasteiger partial charge in [0.2, 0.25) is 0 Å². The van der Waals surface area contributed by atoms with E-state index >= 15 is 0 Å². The highest BCUT2D eigenvalue weighted by molar-refractivity contribution is 5.29. The molecule has 0 aromatic rings. The zero-order valence-electron chi connectivity index (χ0n) is 9.65. The van der Waals surface area contributed by atoms with Crippen molar-refractivity contribution in [3.05, 3.63) is 22.8 Å². The average molecular weight is 181 g/mol. The lowest BCUT2D eigenvalue weighted by molar-refractivity contribution is 0.838. The van der Waals surface area contributed by atoms with Crippen LogP contribution in [0, 0.1) is 0 Å².